The maximum atomic E-state index is 10.4. The Morgan fingerprint density at radius 3 is 1.25 bits per heavy atom. The van der Waals surface area contributed by atoms with Gasteiger partial charge in [0.05, 0.1) is 16.1 Å². The van der Waals surface area contributed by atoms with E-state index in [9.17, 15) is 19.2 Å². The summed E-state index contributed by atoms with van der Waals surface area (Å²) in [4.78, 5) is 41.6. The summed E-state index contributed by atoms with van der Waals surface area (Å²) >= 11 is 7.95. The third kappa shape index (κ3) is 3.02. The number of halogens is 2. The maximum absolute atomic E-state index is 10.4. The Balaban J connectivity index is 0.000000160. The molecule has 6 nitrogen and oxygen atoms in total. The summed E-state index contributed by atoms with van der Waals surface area (Å²) < 4.78 is 1.62. The molecule has 2 saturated heterocycles. The van der Waals surface area contributed by atoms with Gasteiger partial charge >= 0.3 is 0 Å². The highest BCUT2D eigenvalue weighted by molar-refractivity contribution is 9.08. The Morgan fingerprint density at radius 2 is 1.12 bits per heavy atom. The number of carbonyl (C=O) groups excluding carboxylic acids is 4. The zero-order valence-corrected chi connectivity index (χ0v) is 10.5. The van der Waals surface area contributed by atoms with Gasteiger partial charge in [-0.25, -0.2) is 3.93 Å². The zero-order valence-electron chi connectivity index (χ0n) is 8.11. The van der Waals surface area contributed by atoms with E-state index in [0.29, 0.717) is 17.3 Å². The van der Waals surface area contributed by atoms with E-state index in [1.54, 1.807) is 0 Å². The summed E-state index contributed by atoms with van der Waals surface area (Å²) in [5.41, 5.74) is 0. The average Bonchev–Trinajstić information content (AvgIpc) is 2.70. The molecule has 0 aromatic heterocycles. The highest BCUT2D eigenvalue weighted by Crippen LogP contribution is 2.14. The maximum Gasteiger partial charge on any atom is 0.244 e. The van der Waals surface area contributed by atoms with Crippen molar-refractivity contribution in [1.29, 1.82) is 0 Å². The number of nitrogens with zero attached hydrogens (tertiary/aromatic N) is 2. The molecular weight excluding hydrogens is 303 g/mol. The SMILES string of the molecule is O=C1CCC(=O)N1Br.O=C1CCC(=O)N1Cl. The van der Waals surface area contributed by atoms with E-state index in [0.717, 1.165) is 3.93 Å². The van der Waals surface area contributed by atoms with Crippen molar-refractivity contribution in [3.05, 3.63) is 0 Å². The van der Waals surface area contributed by atoms with E-state index in [1.807, 2.05) is 0 Å². The second kappa shape index (κ2) is 5.40. The average molecular weight is 312 g/mol. The first-order valence-electron chi connectivity index (χ1n) is 4.46. The molecule has 0 atom stereocenters. The van der Waals surface area contributed by atoms with Crippen LogP contribution in [-0.2, 0) is 19.2 Å². The van der Waals surface area contributed by atoms with Gasteiger partial charge in [0.1, 0.15) is 0 Å². The molecule has 2 heterocycles. The monoisotopic (exact) mass is 310 g/mol. The summed E-state index contributed by atoms with van der Waals surface area (Å²) in [6, 6.07) is 0. The number of rotatable bonds is 0. The number of amides is 4. The molecule has 2 aliphatic rings. The first-order chi connectivity index (χ1) is 7.43. The molecule has 2 rings (SSSR count). The third-order valence-corrected chi connectivity index (χ3v) is 3.15. The number of hydrogen-bond donors (Lipinski definition) is 0. The molecule has 2 fully saturated rings. The van der Waals surface area contributed by atoms with Crippen LogP contribution in [0.1, 0.15) is 25.7 Å². The lowest BCUT2D eigenvalue weighted by atomic mass is 10.4. The molecule has 0 aliphatic carbocycles. The largest absolute Gasteiger partial charge is 0.274 e. The van der Waals surface area contributed by atoms with Crippen LogP contribution in [0.3, 0.4) is 0 Å². The van der Waals surface area contributed by atoms with Gasteiger partial charge in [0, 0.05) is 37.5 Å². The van der Waals surface area contributed by atoms with E-state index < -0.39 is 0 Å². The van der Waals surface area contributed by atoms with E-state index in [1.165, 1.54) is 0 Å². The molecule has 8 heteroatoms. The fourth-order valence-corrected chi connectivity index (χ4v) is 1.62. The van der Waals surface area contributed by atoms with Gasteiger partial charge in [0.2, 0.25) is 23.6 Å². The fraction of sp³-hybridized carbons (Fsp3) is 0.500. The van der Waals surface area contributed by atoms with Crippen molar-refractivity contribution in [3.63, 3.8) is 0 Å². The van der Waals surface area contributed by atoms with Gasteiger partial charge in [0.25, 0.3) is 0 Å². The Bertz CT molecular complexity index is 294. The molecule has 2 aliphatic heterocycles. The van der Waals surface area contributed by atoms with Gasteiger partial charge < -0.3 is 0 Å². The lowest BCUT2D eigenvalue weighted by Gasteiger charge is -1.97. The predicted molar refractivity (Wildman–Crippen MR) is 57.0 cm³/mol. The molecule has 0 spiro atoms. The molecule has 0 aromatic carbocycles. The van der Waals surface area contributed by atoms with Crippen LogP contribution in [0.4, 0.5) is 0 Å². The Hall–Kier alpha value is -0.950. The molecule has 0 radical (unpaired) electrons. The second-order valence-corrected chi connectivity index (χ2v) is 4.18. The number of hydrogen-bond acceptors (Lipinski definition) is 4. The van der Waals surface area contributed by atoms with Crippen molar-refractivity contribution in [2.45, 2.75) is 25.7 Å². The minimum atomic E-state index is -0.295. The number of imide groups is 2. The minimum absolute atomic E-state index is 0.144. The molecule has 0 unspecified atom stereocenters. The van der Waals surface area contributed by atoms with Crippen molar-refractivity contribution in [2.24, 2.45) is 0 Å². The zero-order chi connectivity index (χ0) is 12.3. The molecule has 4 amide bonds. The van der Waals surface area contributed by atoms with Gasteiger partial charge in [-0.15, -0.1) is 0 Å². The minimum Gasteiger partial charge on any atom is -0.274 e. The van der Waals surface area contributed by atoms with Crippen molar-refractivity contribution < 1.29 is 19.2 Å². The van der Waals surface area contributed by atoms with Crippen molar-refractivity contribution >= 4 is 51.6 Å². The van der Waals surface area contributed by atoms with Crippen LogP contribution in [0.25, 0.3) is 0 Å². The smallest absolute Gasteiger partial charge is 0.244 e. The van der Waals surface area contributed by atoms with Crippen molar-refractivity contribution in [2.75, 3.05) is 0 Å². The summed E-state index contributed by atoms with van der Waals surface area (Å²) in [5.74, 6) is -0.877. The molecule has 88 valence electrons. The second-order valence-electron chi connectivity index (χ2n) is 3.14. The van der Waals surface area contributed by atoms with E-state index in [-0.39, 0.29) is 36.5 Å². The normalized spacial score (nSPS) is 20.4. The summed E-state index contributed by atoms with van der Waals surface area (Å²) in [7, 11) is 0. The standard InChI is InChI=1S/C4H4BrNO2.C4H4ClNO2/c2*5-6-3(7)1-2-4(6)8/h2*1-2H2. The van der Waals surface area contributed by atoms with Crippen LogP contribution in [0, 0.1) is 0 Å². The Labute approximate surface area is 105 Å². The van der Waals surface area contributed by atoms with E-state index >= 15 is 0 Å². The van der Waals surface area contributed by atoms with Crippen molar-refractivity contribution in [3.8, 4) is 0 Å². The van der Waals surface area contributed by atoms with Crippen LogP contribution in [0.5, 0.6) is 0 Å². The van der Waals surface area contributed by atoms with Crippen LogP contribution in [-0.4, -0.2) is 32.0 Å². The van der Waals surface area contributed by atoms with E-state index in [2.05, 4.69) is 16.1 Å². The summed E-state index contributed by atoms with van der Waals surface area (Å²) in [6.07, 6.45) is 1.23. The van der Waals surface area contributed by atoms with Crippen molar-refractivity contribution in [1.82, 2.24) is 8.34 Å². The molecular formula is C8H8BrClN2O4. The summed E-state index contributed by atoms with van der Waals surface area (Å²) in [5, 5.41) is 0. The van der Waals surface area contributed by atoms with Crippen LogP contribution >= 0.6 is 27.9 Å². The highest BCUT2D eigenvalue weighted by Gasteiger charge is 2.27. The fourth-order valence-electron chi connectivity index (χ4n) is 1.10. The lowest BCUT2D eigenvalue weighted by Crippen LogP contribution is -2.16. The van der Waals surface area contributed by atoms with Gasteiger partial charge in [-0.05, 0) is 0 Å². The van der Waals surface area contributed by atoms with Gasteiger partial charge in [-0.3, -0.25) is 19.2 Å². The van der Waals surface area contributed by atoms with Crippen LogP contribution in [0.15, 0.2) is 0 Å². The molecule has 0 N–H and O–H groups in total. The van der Waals surface area contributed by atoms with E-state index in [4.69, 9.17) is 11.8 Å². The van der Waals surface area contributed by atoms with Gasteiger partial charge in [0.15, 0.2) is 0 Å². The molecule has 16 heavy (non-hydrogen) atoms. The molecule has 0 bridgehead atoms. The molecule has 0 saturated carbocycles. The topological polar surface area (TPSA) is 74.8 Å². The predicted octanol–water partition coefficient (Wildman–Crippen LogP) is 0.735. The van der Waals surface area contributed by atoms with Crippen LogP contribution < -0.4 is 0 Å². The Kier molecular flexibility index (Phi) is 4.43. The quantitative estimate of drug-likeness (QED) is 0.488. The Morgan fingerprint density at radius 1 is 0.812 bits per heavy atom. The highest BCUT2D eigenvalue weighted by atomic mass is 79.9. The van der Waals surface area contributed by atoms with Gasteiger partial charge in [-0.2, -0.15) is 4.42 Å². The summed E-state index contributed by atoms with van der Waals surface area (Å²) in [6.45, 7) is 0. The lowest BCUT2D eigenvalue weighted by molar-refractivity contribution is -0.133. The molecule has 0 aromatic rings. The van der Waals surface area contributed by atoms with Crippen LogP contribution in [0.2, 0.25) is 0 Å². The third-order valence-electron chi connectivity index (χ3n) is 1.98. The number of carbonyl (C=O) groups is 4. The first kappa shape index (κ1) is 13.1. The first-order valence-corrected chi connectivity index (χ1v) is 5.51. The van der Waals surface area contributed by atoms with Gasteiger partial charge in [-0.1, -0.05) is 0 Å².